The fourth-order valence-electron chi connectivity index (χ4n) is 3.56. The fraction of sp³-hybridized carbons (Fsp3) is 0.333. The van der Waals surface area contributed by atoms with Crippen molar-refractivity contribution in [2.24, 2.45) is 5.10 Å². The molecule has 27 heavy (non-hydrogen) atoms. The van der Waals surface area contributed by atoms with E-state index >= 15 is 0 Å². The third kappa shape index (κ3) is 3.98. The highest BCUT2D eigenvalue weighted by Gasteiger charge is 2.34. The molecule has 4 nitrogen and oxygen atoms in total. The molecule has 1 heterocycles. The van der Waals surface area contributed by atoms with Gasteiger partial charge in [-0.1, -0.05) is 24.6 Å². The molecule has 1 aliphatic rings. The van der Waals surface area contributed by atoms with E-state index in [1.165, 1.54) is 6.21 Å². The van der Waals surface area contributed by atoms with E-state index in [0.29, 0.717) is 22.1 Å². The van der Waals surface area contributed by atoms with Gasteiger partial charge in [0.2, 0.25) is 0 Å². The average molecular weight is 388 g/mol. The van der Waals surface area contributed by atoms with Gasteiger partial charge in [-0.25, -0.2) is 9.82 Å². The second-order valence-corrected chi connectivity index (χ2v) is 8.06. The minimum absolute atomic E-state index is 0.0284. The van der Waals surface area contributed by atoms with E-state index in [2.05, 4.69) is 36.2 Å². The van der Waals surface area contributed by atoms with Crippen LogP contribution in [-0.2, 0) is 0 Å². The van der Waals surface area contributed by atoms with Crippen molar-refractivity contribution < 1.29 is 9.18 Å². The van der Waals surface area contributed by atoms with Crippen LogP contribution in [0.25, 0.3) is 0 Å². The summed E-state index contributed by atoms with van der Waals surface area (Å²) in [4.78, 5) is 14.2. The number of rotatable bonds is 3. The van der Waals surface area contributed by atoms with Gasteiger partial charge in [-0.2, -0.15) is 5.10 Å². The first-order chi connectivity index (χ1) is 12.7. The van der Waals surface area contributed by atoms with E-state index < -0.39 is 5.91 Å². The van der Waals surface area contributed by atoms with Crippen molar-refractivity contribution in [3.05, 3.63) is 63.9 Å². The van der Waals surface area contributed by atoms with Crippen molar-refractivity contribution >= 4 is 29.4 Å². The zero-order valence-electron chi connectivity index (χ0n) is 15.9. The van der Waals surface area contributed by atoms with Gasteiger partial charge in [0.15, 0.2) is 0 Å². The number of nitrogens with one attached hydrogen (secondary N) is 1. The summed E-state index contributed by atoms with van der Waals surface area (Å²) in [6.45, 7) is 6.46. The smallest absolute Gasteiger partial charge is 0.271 e. The first kappa shape index (κ1) is 19.4. The molecule has 0 aromatic heterocycles. The SMILES string of the molecule is CC1CC(C)(C)N(C)c2cc(F)c(/C=N\NC(=O)c3cccc(Cl)c3)cc21. The maximum Gasteiger partial charge on any atom is 0.271 e. The average Bonchev–Trinajstić information content (AvgIpc) is 2.60. The Morgan fingerprint density at radius 1 is 1.37 bits per heavy atom. The number of fused-ring (bicyclic) bond motifs is 1. The molecule has 0 bridgehead atoms. The summed E-state index contributed by atoms with van der Waals surface area (Å²) in [7, 11) is 1.99. The van der Waals surface area contributed by atoms with Crippen molar-refractivity contribution in [3.8, 4) is 0 Å². The van der Waals surface area contributed by atoms with Gasteiger partial charge in [0, 0.05) is 34.4 Å². The lowest BCUT2D eigenvalue weighted by Crippen LogP contribution is -2.45. The summed E-state index contributed by atoms with van der Waals surface area (Å²) in [6.07, 6.45) is 2.31. The number of halogens is 2. The van der Waals surface area contributed by atoms with Gasteiger partial charge >= 0.3 is 0 Å². The van der Waals surface area contributed by atoms with Crippen LogP contribution in [0, 0.1) is 5.82 Å². The molecule has 0 radical (unpaired) electrons. The van der Waals surface area contributed by atoms with Gasteiger partial charge < -0.3 is 4.90 Å². The Morgan fingerprint density at radius 2 is 2.11 bits per heavy atom. The quantitative estimate of drug-likeness (QED) is 0.597. The fourth-order valence-corrected chi connectivity index (χ4v) is 3.75. The van der Waals surface area contributed by atoms with Crippen molar-refractivity contribution in [2.75, 3.05) is 11.9 Å². The molecule has 6 heteroatoms. The third-order valence-electron chi connectivity index (χ3n) is 5.21. The van der Waals surface area contributed by atoms with Crippen LogP contribution in [0.3, 0.4) is 0 Å². The van der Waals surface area contributed by atoms with Crippen LogP contribution in [0.15, 0.2) is 41.5 Å². The lowest BCUT2D eigenvalue weighted by molar-refractivity contribution is 0.0955. The summed E-state index contributed by atoms with van der Waals surface area (Å²) >= 11 is 5.88. The molecule has 2 aromatic rings. The number of carbonyl (C=O) groups excluding carboxylic acids is 1. The molecule has 0 saturated carbocycles. The zero-order chi connectivity index (χ0) is 19.8. The molecule has 0 spiro atoms. The van der Waals surface area contributed by atoms with Gasteiger partial charge in [0.25, 0.3) is 5.91 Å². The van der Waals surface area contributed by atoms with Crippen LogP contribution < -0.4 is 10.3 Å². The Bertz CT molecular complexity index is 910. The predicted molar refractivity (Wildman–Crippen MR) is 108 cm³/mol. The molecule has 1 atom stereocenters. The standard InChI is InChI=1S/C21H23ClFN3O/c1-13-11-21(2,3)26(4)19-10-18(23)15(9-17(13)19)12-24-25-20(27)14-6-5-7-16(22)8-14/h5-10,12-13H,11H2,1-4H3,(H,25,27)/b24-12-. The normalized spacial score (nSPS) is 18.4. The number of anilines is 1. The summed E-state index contributed by atoms with van der Waals surface area (Å²) in [6, 6.07) is 9.91. The van der Waals surface area contributed by atoms with E-state index in [0.717, 1.165) is 17.7 Å². The van der Waals surface area contributed by atoms with Gasteiger partial charge in [0.1, 0.15) is 5.82 Å². The first-order valence-electron chi connectivity index (χ1n) is 8.85. The minimum atomic E-state index is -0.401. The van der Waals surface area contributed by atoms with Crippen molar-refractivity contribution in [2.45, 2.75) is 38.6 Å². The molecular weight excluding hydrogens is 365 g/mol. The molecule has 0 fully saturated rings. The van der Waals surface area contributed by atoms with E-state index in [9.17, 15) is 9.18 Å². The second-order valence-electron chi connectivity index (χ2n) is 7.62. The lowest BCUT2D eigenvalue weighted by atomic mass is 9.80. The van der Waals surface area contributed by atoms with Crippen LogP contribution >= 0.6 is 11.6 Å². The minimum Gasteiger partial charge on any atom is -0.369 e. The highest BCUT2D eigenvalue weighted by Crippen LogP contribution is 2.43. The Hall–Kier alpha value is -2.40. The zero-order valence-corrected chi connectivity index (χ0v) is 16.6. The molecule has 3 rings (SSSR count). The molecule has 1 aliphatic heterocycles. The summed E-state index contributed by atoms with van der Waals surface area (Å²) in [5, 5.41) is 4.37. The maximum atomic E-state index is 14.6. The number of amides is 1. The van der Waals surface area contributed by atoms with Crippen LogP contribution in [0.5, 0.6) is 0 Å². The monoisotopic (exact) mass is 387 g/mol. The van der Waals surface area contributed by atoms with Gasteiger partial charge in [-0.3, -0.25) is 4.79 Å². The number of hydrogen-bond acceptors (Lipinski definition) is 3. The summed E-state index contributed by atoms with van der Waals surface area (Å²) < 4.78 is 14.6. The van der Waals surface area contributed by atoms with Crippen molar-refractivity contribution in [1.82, 2.24) is 5.43 Å². The molecule has 1 N–H and O–H groups in total. The second kappa shape index (κ2) is 7.31. The number of carbonyl (C=O) groups is 1. The van der Waals surface area contributed by atoms with Crippen molar-refractivity contribution in [3.63, 3.8) is 0 Å². The largest absolute Gasteiger partial charge is 0.369 e. The topological polar surface area (TPSA) is 44.7 Å². The Morgan fingerprint density at radius 3 is 2.81 bits per heavy atom. The van der Waals surface area contributed by atoms with Crippen LogP contribution in [0.2, 0.25) is 5.02 Å². The number of benzene rings is 2. The van der Waals surface area contributed by atoms with Crippen LogP contribution in [0.1, 0.15) is 54.6 Å². The summed E-state index contributed by atoms with van der Waals surface area (Å²) in [5.74, 6) is -0.465. The van der Waals surface area contributed by atoms with Gasteiger partial charge in [-0.05, 0) is 62.1 Å². The Balaban J connectivity index is 1.81. The molecule has 1 unspecified atom stereocenters. The predicted octanol–water partition coefficient (Wildman–Crippen LogP) is 4.97. The van der Waals surface area contributed by atoms with E-state index in [1.807, 2.05) is 13.1 Å². The Labute approximate surface area is 164 Å². The number of hydrogen-bond donors (Lipinski definition) is 1. The van der Waals surface area contributed by atoms with Gasteiger partial charge in [0.05, 0.1) is 6.21 Å². The van der Waals surface area contributed by atoms with Crippen molar-refractivity contribution in [1.29, 1.82) is 0 Å². The molecule has 2 aromatic carbocycles. The van der Waals surface area contributed by atoms with E-state index in [4.69, 9.17) is 11.6 Å². The van der Waals surface area contributed by atoms with E-state index in [-0.39, 0.29) is 11.4 Å². The maximum absolute atomic E-state index is 14.6. The molecule has 142 valence electrons. The molecule has 0 aliphatic carbocycles. The lowest BCUT2D eigenvalue weighted by Gasteiger charge is -2.45. The summed E-state index contributed by atoms with van der Waals surface area (Å²) in [5.41, 5.74) is 5.10. The molecule has 1 amide bonds. The highest BCUT2D eigenvalue weighted by atomic mass is 35.5. The van der Waals surface area contributed by atoms with E-state index in [1.54, 1.807) is 30.3 Å². The molecule has 0 saturated heterocycles. The highest BCUT2D eigenvalue weighted by molar-refractivity contribution is 6.30. The number of nitrogens with zero attached hydrogens (tertiary/aromatic N) is 2. The third-order valence-corrected chi connectivity index (χ3v) is 5.44. The Kier molecular flexibility index (Phi) is 5.24. The first-order valence-corrected chi connectivity index (χ1v) is 9.23. The molecular formula is C21H23ClFN3O. The number of hydrazone groups is 1. The van der Waals surface area contributed by atoms with Crippen LogP contribution in [-0.4, -0.2) is 24.7 Å². The van der Waals surface area contributed by atoms with Gasteiger partial charge in [-0.15, -0.1) is 0 Å². The van der Waals surface area contributed by atoms with Crippen LogP contribution in [0.4, 0.5) is 10.1 Å².